The van der Waals surface area contributed by atoms with E-state index in [9.17, 15) is 28.7 Å². The van der Waals surface area contributed by atoms with Gasteiger partial charge in [0.05, 0.1) is 17.1 Å². The fourth-order valence-corrected chi connectivity index (χ4v) is 8.70. The predicted molar refractivity (Wildman–Crippen MR) is 147 cm³/mol. The van der Waals surface area contributed by atoms with Crippen molar-refractivity contribution in [2.45, 2.75) is 36.2 Å². The smallest absolute Gasteiger partial charge is 0.0913 e. The first kappa shape index (κ1) is 30.1. The monoisotopic (exact) mass is 576 g/mol. The fourth-order valence-electron chi connectivity index (χ4n) is 5.31. The molecule has 0 heterocycles. The third kappa shape index (κ3) is 6.71. The summed E-state index contributed by atoms with van der Waals surface area (Å²) < 4.78 is 33.2. The molecule has 0 atom stereocenters. The van der Waals surface area contributed by atoms with Gasteiger partial charge in [-0.15, -0.1) is 0 Å². The summed E-state index contributed by atoms with van der Waals surface area (Å²) in [5.74, 6) is 0. The molecule has 4 aromatic carbocycles. The zero-order valence-electron chi connectivity index (χ0n) is 21.8. The maximum absolute atomic E-state index is 13.4. The molecule has 4 aromatic rings. The number of rotatable bonds is 13. The topological polar surface area (TPSA) is 136 Å². The van der Waals surface area contributed by atoms with Crippen molar-refractivity contribution in [3.63, 3.8) is 0 Å². The predicted octanol–water partition coefficient (Wildman–Crippen LogP) is 3.24. The summed E-state index contributed by atoms with van der Waals surface area (Å²) in [4.78, 5) is 50.2. The summed E-state index contributed by atoms with van der Waals surface area (Å²) in [6.07, 6.45) is -1.13. The first-order valence-electron chi connectivity index (χ1n) is 12.9. The van der Waals surface area contributed by atoms with E-state index < -0.39 is 32.1 Å². The largest absolute Gasteiger partial charge is 0.810 e. The van der Waals surface area contributed by atoms with Crippen LogP contribution in [0.5, 0.6) is 0 Å². The summed E-state index contributed by atoms with van der Waals surface area (Å²) in [5, 5.41) is 0. The van der Waals surface area contributed by atoms with Gasteiger partial charge in [0.1, 0.15) is 0 Å². The van der Waals surface area contributed by atoms with Crippen LogP contribution in [0.1, 0.15) is 22.3 Å². The van der Waals surface area contributed by atoms with E-state index in [1.54, 1.807) is 78.9 Å². The molecule has 0 aromatic heterocycles. The molecule has 4 rings (SSSR count). The van der Waals surface area contributed by atoms with Crippen LogP contribution in [0, 0.1) is 0 Å². The van der Waals surface area contributed by atoms with Crippen molar-refractivity contribution in [3.05, 3.63) is 144 Å². The van der Waals surface area contributed by atoms with Gasteiger partial charge in [-0.1, -0.05) is 137 Å². The SMILES string of the molecule is O=P([O-])([O-])C(Cc1ccccc1)(C(Cc1ccccc1)(Cc1ccccc1)OCCc1ccccc1)P(=O)([O-])[O-]. The number of hydrogen-bond acceptors (Lipinski definition) is 7. The molecule has 0 amide bonds. The highest BCUT2D eigenvalue weighted by atomic mass is 31.2. The van der Waals surface area contributed by atoms with Crippen molar-refractivity contribution in [3.8, 4) is 0 Å². The molecule has 0 spiro atoms. The van der Waals surface area contributed by atoms with E-state index in [1.165, 1.54) is 12.1 Å². The zero-order chi connectivity index (χ0) is 28.7. The van der Waals surface area contributed by atoms with Gasteiger partial charge in [-0.2, -0.15) is 0 Å². The van der Waals surface area contributed by atoms with Crippen molar-refractivity contribution in [2.24, 2.45) is 0 Å². The van der Waals surface area contributed by atoms with Crippen molar-refractivity contribution < 1.29 is 33.4 Å². The average Bonchev–Trinajstić information content (AvgIpc) is 2.92. The Bertz CT molecular complexity index is 1370. The zero-order valence-corrected chi connectivity index (χ0v) is 23.6. The van der Waals surface area contributed by atoms with Crippen molar-refractivity contribution in [1.82, 2.24) is 0 Å². The van der Waals surface area contributed by atoms with Crippen LogP contribution in [0.4, 0.5) is 0 Å². The Balaban J connectivity index is 1.97. The van der Waals surface area contributed by atoms with Gasteiger partial charge in [0.25, 0.3) is 0 Å². The lowest BCUT2D eigenvalue weighted by atomic mass is 9.81. The summed E-state index contributed by atoms with van der Waals surface area (Å²) >= 11 is 0. The molecule has 0 N–H and O–H groups in total. The van der Waals surface area contributed by atoms with Gasteiger partial charge in [0.15, 0.2) is 0 Å². The van der Waals surface area contributed by atoms with Gasteiger partial charge in [0, 0.05) is 12.8 Å². The van der Waals surface area contributed by atoms with E-state index in [1.807, 2.05) is 30.3 Å². The second-order valence-electron chi connectivity index (χ2n) is 9.88. The minimum atomic E-state index is -6.21. The number of benzene rings is 4. The molecule has 0 saturated heterocycles. The summed E-state index contributed by atoms with van der Waals surface area (Å²) in [7, 11) is -12.4. The molecule has 0 radical (unpaired) electrons. The van der Waals surface area contributed by atoms with Crippen LogP contribution in [0.2, 0.25) is 0 Å². The normalized spacial score (nSPS) is 12.8. The summed E-state index contributed by atoms with van der Waals surface area (Å²) in [5.41, 5.74) is -0.115. The van der Waals surface area contributed by atoms with Crippen LogP contribution in [0.3, 0.4) is 0 Å². The Morgan fingerprint density at radius 1 is 0.500 bits per heavy atom. The van der Waals surface area contributed by atoms with Crippen LogP contribution in [-0.2, 0) is 39.6 Å². The molecular weight excluding hydrogens is 546 g/mol. The van der Waals surface area contributed by atoms with Gasteiger partial charge in [0.2, 0.25) is 0 Å². The second-order valence-corrected chi connectivity index (χ2v) is 13.7. The molecule has 9 heteroatoms. The fraction of sp³-hybridized carbons (Fsp3) is 0.226. The highest BCUT2D eigenvalue weighted by molar-refractivity contribution is 7.70. The van der Waals surface area contributed by atoms with Crippen LogP contribution < -0.4 is 19.6 Å². The molecule has 0 unspecified atom stereocenters. The van der Waals surface area contributed by atoms with Gasteiger partial charge in [-0.05, 0) is 35.1 Å². The molecule has 210 valence electrons. The molecule has 0 aliphatic heterocycles. The summed E-state index contributed by atoms with van der Waals surface area (Å²) in [6.45, 7) is -0.125. The minimum absolute atomic E-state index is 0.125. The molecule has 7 nitrogen and oxygen atoms in total. The Kier molecular flexibility index (Phi) is 9.60. The first-order valence-corrected chi connectivity index (χ1v) is 16.0. The maximum Gasteiger partial charge on any atom is 0.0913 e. The lowest BCUT2D eigenvalue weighted by Gasteiger charge is -2.67. The van der Waals surface area contributed by atoms with Crippen LogP contribution in [0.15, 0.2) is 121 Å². The molecule has 0 aliphatic rings. The highest BCUT2D eigenvalue weighted by Crippen LogP contribution is 2.69. The first-order chi connectivity index (χ1) is 19.1. The van der Waals surface area contributed by atoms with Crippen LogP contribution >= 0.6 is 15.2 Å². The molecule has 40 heavy (non-hydrogen) atoms. The van der Waals surface area contributed by atoms with Crippen LogP contribution in [0.25, 0.3) is 0 Å². The van der Waals surface area contributed by atoms with E-state index in [-0.39, 0.29) is 25.0 Å². The van der Waals surface area contributed by atoms with Crippen molar-refractivity contribution in [1.29, 1.82) is 0 Å². The third-order valence-corrected chi connectivity index (χ3v) is 11.6. The highest BCUT2D eigenvalue weighted by Gasteiger charge is 2.57. The maximum atomic E-state index is 13.4. The molecule has 0 saturated carbocycles. The Morgan fingerprint density at radius 3 is 1.18 bits per heavy atom. The summed E-state index contributed by atoms with van der Waals surface area (Å²) in [6, 6.07) is 34.2. The van der Waals surface area contributed by atoms with E-state index in [0.717, 1.165) is 5.56 Å². The molecule has 0 bridgehead atoms. The van der Waals surface area contributed by atoms with Crippen molar-refractivity contribution in [2.75, 3.05) is 6.61 Å². The van der Waals surface area contributed by atoms with E-state index in [0.29, 0.717) is 17.5 Å². The second kappa shape index (κ2) is 12.8. The number of ether oxygens (including phenoxy) is 1. The minimum Gasteiger partial charge on any atom is -0.810 e. The van der Waals surface area contributed by atoms with Crippen molar-refractivity contribution >= 4 is 15.2 Å². The molecule has 0 aliphatic carbocycles. The van der Waals surface area contributed by atoms with E-state index in [4.69, 9.17) is 4.74 Å². The average molecular weight is 577 g/mol. The van der Waals surface area contributed by atoms with Gasteiger partial charge >= 0.3 is 0 Å². The van der Waals surface area contributed by atoms with E-state index >= 15 is 0 Å². The Morgan fingerprint density at radius 2 is 0.825 bits per heavy atom. The van der Waals surface area contributed by atoms with Gasteiger partial charge < -0.3 is 33.4 Å². The lowest BCUT2D eigenvalue weighted by molar-refractivity contribution is -0.344. The molecular formula is C31H30O7P2-4. The quantitative estimate of drug-likeness (QED) is 0.223. The third-order valence-electron chi connectivity index (χ3n) is 7.21. The molecule has 0 fully saturated rings. The Hall–Kier alpha value is -2.86. The number of hydrogen-bond donors (Lipinski definition) is 0. The van der Waals surface area contributed by atoms with Crippen LogP contribution in [-0.4, -0.2) is 17.1 Å². The Labute approximate surface area is 234 Å². The van der Waals surface area contributed by atoms with Gasteiger partial charge in [-0.3, -0.25) is 0 Å². The lowest BCUT2D eigenvalue weighted by Crippen LogP contribution is -2.65. The van der Waals surface area contributed by atoms with Gasteiger partial charge in [-0.25, -0.2) is 0 Å². The van der Waals surface area contributed by atoms with E-state index in [2.05, 4.69) is 0 Å². The standard InChI is InChI=1S/C31H34O7P2/c32-39(33,34)31(40(35,36)37,25-29-19-11-4-12-20-29)30(23-27-15-7-2-8-16-27,24-28-17-9-3-10-18-28)38-22-21-26-13-5-1-6-14-26/h1-20H,21-25H2,(H2,32,33,34)(H2,35,36,37)/p-4.